The van der Waals surface area contributed by atoms with Crippen LogP contribution in [0.2, 0.25) is 0 Å². The summed E-state index contributed by atoms with van der Waals surface area (Å²) in [6.45, 7) is -1.04. The molecule has 1 aliphatic rings. The van der Waals surface area contributed by atoms with Crippen molar-refractivity contribution in [2.45, 2.75) is 43.7 Å². The van der Waals surface area contributed by atoms with Gasteiger partial charge in [-0.3, -0.25) is 0 Å². The maximum absolute atomic E-state index is 12.0. The molecule has 0 fully saturated rings. The second kappa shape index (κ2) is 7.01. The predicted octanol–water partition coefficient (Wildman–Crippen LogP) is 4.86. The topological polar surface area (TPSA) is 9.23 Å². The fourth-order valence-corrected chi connectivity index (χ4v) is 3.58. The molecule has 118 valence electrons. The lowest BCUT2D eigenvalue weighted by Crippen LogP contribution is -2.33. The van der Waals surface area contributed by atoms with E-state index in [2.05, 4.69) is 12.1 Å². The first-order chi connectivity index (χ1) is 9.97. The largest absolute Gasteiger partial charge is 0.411 e. The first-order valence-electron chi connectivity index (χ1n) is 7.26. The summed E-state index contributed by atoms with van der Waals surface area (Å²) < 4.78 is 40.8. The maximum Gasteiger partial charge on any atom is 0.411 e. The lowest BCUT2D eigenvalue weighted by atomic mass is 9.69. The van der Waals surface area contributed by atoms with Crippen molar-refractivity contribution in [2.24, 2.45) is 0 Å². The van der Waals surface area contributed by atoms with Gasteiger partial charge in [0.25, 0.3) is 0 Å². The maximum atomic E-state index is 12.0. The van der Waals surface area contributed by atoms with E-state index in [0.29, 0.717) is 12.3 Å². The van der Waals surface area contributed by atoms with Crippen LogP contribution in [0.4, 0.5) is 13.2 Å². The molecule has 0 aromatic heterocycles. The molecule has 0 saturated carbocycles. The van der Waals surface area contributed by atoms with Crippen molar-refractivity contribution in [2.75, 3.05) is 19.1 Å². The predicted molar refractivity (Wildman–Crippen MR) is 77.9 cm³/mol. The Labute approximate surface area is 128 Å². The molecular weight excluding hydrogens is 301 g/mol. The third-order valence-electron chi connectivity index (χ3n) is 4.16. The van der Waals surface area contributed by atoms with E-state index in [1.807, 2.05) is 12.1 Å². The first-order valence-corrected chi connectivity index (χ1v) is 7.79. The van der Waals surface area contributed by atoms with Crippen LogP contribution in [0, 0.1) is 0 Å². The molecule has 2 rings (SSSR count). The molecule has 0 bridgehead atoms. The highest BCUT2D eigenvalue weighted by atomic mass is 35.5. The lowest BCUT2D eigenvalue weighted by Gasteiger charge is -2.38. The Hall–Kier alpha value is -0.740. The van der Waals surface area contributed by atoms with E-state index >= 15 is 0 Å². The summed E-state index contributed by atoms with van der Waals surface area (Å²) in [6.07, 6.45) is 0.240. The van der Waals surface area contributed by atoms with E-state index in [1.165, 1.54) is 11.1 Å². The average molecular weight is 321 g/mol. The van der Waals surface area contributed by atoms with Crippen LogP contribution < -0.4 is 0 Å². The van der Waals surface area contributed by atoms with E-state index in [1.54, 1.807) is 0 Å². The molecule has 0 heterocycles. The smallest absolute Gasteiger partial charge is 0.372 e. The zero-order chi connectivity index (χ0) is 15.3. The van der Waals surface area contributed by atoms with Gasteiger partial charge in [0.05, 0.1) is 0 Å². The van der Waals surface area contributed by atoms with Crippen molar-refractivity contribution < 1.29 is 17.9 Å². The number of hydrogen-bond acceptors (Lipinski definition) is 1. The number of ether oxygens (including phenoxy) is 1. The van der Waals surface area contributed by atoms with E-state index in [4.69, 9.17) is 16.3 Å². The number of benzene rings is 1. The van der Waals surface area contributed by atoms with E-state index in [-0.39, 0.29) is 12.0 Å². The van der Waals surface area contributed by atoms with Gasteiger partial charge in [0.2, 0.25) is 0 Å². The Morgan fingerprint density at radius 2 is 2.00 bits per heavy atom. The molecule has 0 amide bonds. The number of halogens is 4. The quantitative estimate of drug-likeness (QED) is 0.537. The third kappa shape index (κ3) is 4.36. The van der Waals surface area contributed by atoms with Crippen LogP contribution in [0.25, 0.3) is 0 Å². The van der Waals surface area contributed by atoms with Crippen LogP contribution in [0.1, 0.15) is 36.8 Å². The molecule has 1 unspecified atom stereocenters. The van der Waals surface area contributed by atoms with E-state index in [0.717, 1.165) is 25.7 Å². The van der Waals surface area contributed by atoms with Crippen molar-refractivity contribution in [3.8, 4) is 0 Å². The third-order valence-corrected chi connectivity index (χ3v) is 4.67. The first kappa shape index (κ1) is 16.6. The Bertz CT molecular complexity index is 461. The van der Waals surface area contributed by atoms with Crippen molar-refractivity contribution in [1.82, 2.24) is 0 Å². The summed E-state index contributed by atoms with van der Waals surface area (Å²) in [6, 6.07) is 8.25. The van der Waals surface area contributed by atoms with Gasteiger partial charge in [-0.1, -0.05) is 24.3 Å². The number of rotatable bonds is 6. The van der Waals surface area contributed by atoms with E-state index < -0.39 is 12.8 Å². The fraction of sp³-hybridized carbons (Fsp3) is 0.625. The molecule has 1 nitrogen and oxygen atoms in total. The van der Waals surface area contributed by atoms with Gasteiger partial charge in [0.1, 0.15) is 6.61 Å². The molecule has 0 saturated heterocycles. The summed E-state index contributed by atoms with van der Waals surface area (Å²) in [5, 5.41) is 0. The van der Waals surface area contributed by atoms with Gasteiger partial charge in [0, 0.05) is 17.9 Å². The van der Waals surface area contributed by atoms with Gasteiger partial charge in [-0.15, -0.1) is 11.6 Å². The van der Waals surface area contributed by atoms with Gasteiger partial charge in [-0.25, -0.2) is 0 Å². The SMILES string of the molecule is FC(F)(F)COCCCC1(CCl)CCCc2ccccc21. The van der Waals surface area contributed by atoms with Crippen LogP contribution in [0.5, 0.6) is 0 Å². The molecule has 1 aromatic rings. The minimum Gasteiger partial charge on any atom is -0.372 e. The van der Waals surface area contributed by atoms with E-state index in [9.17, 15) is 13.2 Å². The molecule has 0 spiro atoms. The van der Waals surface area contributed by atoms with Crippen molar-refractivity contribution in [1.29, 1.82) is 0 Å². The molecule has 5 heteroatoms. The molecule has 0 aliphatic heterocycles. The van der Waals surface area contributed by atoms with Crippen LogP contribution in [-0.4, -0.2) is 25.3 Å². The standard InChI is InChI=1S/C16H20ClF3O/c17-11-15(9-4-10-21-12-16(18,19)20)8-3-6-13-5-1-2-7-14(13)15/h1-2,5,7H,3-4,6,8-12H2. The second-order valence-corrected chi connectivity index (χ2v) is 5.96. The number of hydrogen-bond donors (Lipinski definition) is 0. The van der Waals surface area contributed by atoms with Crippen molar-refractivity contribution in [3.05, 3.63) is 35.4 Å². The molecule has 1 atom stereocenters. The Morgan fingerprint density at radius 3 is 2.71 bits per heavy atom. The Balaban J connectivity index is 1.94. The zero-order valence-electron chi connectivity index (χ0n) is 11.9. The second-order valence-electron chi connectivity index (χ2n) is 5.70. The van der Waals surface area contributed by atoms with Gasteiger partial charge in [0.15, 0.2) is 0 Å². The van der Waals surface area contributed by atoms with Crippen molar-refractivity contribution in [3.63, 3.8) is 0 Å². The fourth-order valence-electron chi connectivity index (χ4n) is 3.17. The van der Waals surface area contributed by atoms with Gasteiger partial charge >= 0.3 is 6.18 Å². The Kier molecular flexibility index (Phi) is 5.55. The van der Waals surface area contributed by atoms with Crippen LogP contribution in [-0.2, 0) is 16.6 Å². The summed E-state index contributed by atoms with van der Waals surface area (Å²) in [5.74, 6) is 0.503. The van der Waals surface area contributed by atoms with Gasteiger partial charge in [-0.2, -0.15) is 13.2 Å². The summed E-state index contributed by atoms with van der Waals surface area (Å²) in [7, 11) is 0. The van der Waals surface area contributed by atoms with Crippen LogP contribution >= 0.6 is 11.6 Å². The molecule has 0 radical (unpaired) electrons. The monoisotopic (exact) mass is 320 g/mol. The zero-order valence-corrected chi connectivity index (χ0v) is 12.6. The highest BCUT2D eigenvalue weighted by Gasteiger charge is 2.35. The Morgan fingerprint density at radius 1 is 1.24 bits per heavy atom. The lowest BCUT2D eigenvalue weighted by molar-refractivity contribution is -0.174. The molecule has 1 aromatic carbocycles. The average Bonchev–Trinajstić information content (AvgIpc) is 2.46. The summed E-state index contributed by atoms with van der Waals surface area (Å²) >= 11 is 6.23. The minimum absolute atomic E-state index is 0.113. The van der Waals surface area contributed by atoms with Crippen LogP contribution in [0.3, 0.4) is 0 Å². The number of aryl methyl sites for hydroxylation is 1. The number of alkyl halides is 4. The van der Waals surface area contributed by atoms with Crippen LogP contribution in [0.15, 0.2) is 24.3 Å². The minimum atomic E-state index is -4.25. The molecular formula is C16H20ClF3O. The number of fused-ring (bicyclic) bond motifs is 1. The molecule has 21 heavy (non-hydrogen) atoms. The highest BCUT2D eigenvalue weighted by Crippen LogP contribution is 2.41. The normalized spacial score (nSPS) is 22.1. The van der Waals surface area contributed by atoms with Crippen molar-refractivity contribution >= 4 is 11.6 Å². The van der Waals surface area contributed by atoms with Gasteiger partial charge < -0.3 is 4.74 Å². The highest BCUT2D eigenvalue weighted by molar-refractivity contribution is 6.18. The molecule has 0 N–H and O–H groups in total. The summed E-state index contributed by atoms with van der Waals surface area (Å²) in [4.78, 5) is 0. The molecule has 1 aliphatic carbocycles. The van der Waals surface area contributed by atoms with Gasteiger partial charge in [-0.05, 0) is 43.2 Å². The summed E-state index contributed by atoms with van der Waals surface area (Å²) in [5.41, 5.74) is 2.47.